The second-order valence-electron chi connectivity index (χ2n) is 17.0. The summed E-state index contributed by atoms with van der Waals surface area (Å²) >= 11 is 0. The molecule has 4 aliphatic carbocycles. The van der Waals surface area contributed by atoms with Crippen molar-refractivity contribution in [3.8, 4) is 11.8 Å². The first kappa shape index (κ1) is 39.8. The zero-order chi connectivity index (χ0) is 35.8. The van der Waals surface area contributed by atoms with E-state index in [0.717, 1.165) is 64.3 Å². The highest BCUT2D eigenvalue weighted by molar-refractivity contribution is 6.06. The van der Waals surface area contributed by atoms with Crippen molar-refractivity contribution in [1.29, 1.82) is 0 Å². The van der Waals surface area contributed by atoms with Gasteiger partial charge in [0.05, 0.1) is 24.5 Å². The summed E-state index contributed by atoms with van der Waals surface area (Å²) in [6.45, 7) is 2.89. The fraction of sp³-hybridized carbons (Fsp3) is 0.902. The van der Waals surface area contributed by atoms with Gasteiger partial charge in [-0.3, -0.25) is 9.59 Å². The van der Waals surface area contributed by atoms with Gasteiger partial charge in [0.15, 0.2) is 17.7 Å². The lowest BCUT2D eigenvalue weighted by molar-refractivity contribution is -0.142. The van der Waals surface area contributed by atoms with Crippen LogP contribution in [0.2, 0.25) is 0 Å². The van der Waals surface area contributed by atoms with Gasteiger partial charge in [-0.25, -0.2) is 0 Å². The van der Waals surface area contributed by atoms with Gasteiger partial charge in [-0.15, -0.1) is 0 Å². The maximum atomic E-state index is 14.4. The second kappa shape index (κ2) is 19.1. The third-order valence-electron chi connectivity index (χ3n) is 13.8. The molecule has 0 bridgehead atoms. The Morgan fingerprint density at radius 1 is 0.920 bits per heavy atom. The maximum absolute atomic E-state index is 14.4. The molecule has 1 saturated heterocycles. The number of carbonyl (C=O) groups excluding carboxylic acids is 2. The highest BCUT2D eigenvalue weighted by Crippen LogP contribution is 2.47. The minimum Gasteiger partial charge on any atom is -0.396 e. The van der Waals surface area contributed by atoms with Crippen LogP contribution in [0.1, 0.15) is 122 Å². The number of Topliss-reactive ketones (excluding diaryl/α,β-unsaturated/α-hetero) is 2. The van der Waals surface area contributed by atoms with E-state index in [-0.39, 0.29) is 66.7 Å². The number of carbonyl (C=O) groups is 2. The fourth-order valence-electron chi connectivity index (χ4n) is 11.2. The predicted molar refractivity (Wildman–Crippen MR) is 193 cm³/mol. The number of nitrogens with one attached hydrogen (secondary N) is 1. The maximum Gasteiger partial charge on any atom is 0.173 e. The first-order chi connectivity index (χ1) is 24.1. The molecule has 14 unspecified atom stereocenters. The van der Waals surface area contributed by atoms with Gasteiger partial charge in [0.1, 0.15) is 0 Å². The molecular formula is C41H68N2O7. The average molecular weight is 701 g/mol. The van der Waals surface area contributed by atoms with Crippen molar-refractivity contribution in [1.82, 2.24) is 5.32 Å². The van der Waals surface area contributed by atoms with Crippen molar-refractivity contribution < 1.29 is 34.8 Å². The van der Waals surface area contributed by atoms with E-state index in [9.17, 15) is 30.0 Å². The average Bonchev–Trinajstić information content (AvgIpc) is 3.28. The van der Waals surface area contributed by atoms with Crippen LogP contribution in [0.4, 0.5) is 0 Å². The van der Waals surface area contributed by atoms with E-state index >= 15 is 0 Å². The molecule has 0 amide bonds. The smallest absolute Gasteiger partial charge is 0.173 e. The Balaban J connectivity index is 1.57. The van der Waals surface area contributed by atoms with E-state index in [1.165, 1.54) is 19.3 Å². The van der Waals surface area contributed by atoms with Crippen molar-refractivity contribution in [2.24, 2.45) is 64.9 Å². The first-order valence-electron chi connectivity index (χ1n) is 20.4. The molecule has 5 rings (SSSR count). The highest BCUT2D eigenvalue weighted by Gasteiger charge is 2.46. The Labute approximate surface area is 301 Å². The number of methoxy groups -OCH3 is 1. The normalized spacial score (nSPS) is 40.5. The molecule has 0 aromatic heterocycles. The summed E-state index contributed by atoms with van der Waals surface area (Å²) in [6.07, 6.45) is 11.3. The molecule has 284 valence electrons. The van der Waals surface area contributed by atoms with Crippen molar-refractivity contribution >= 4 is 11.6 Å². The number of hydrogen-bond acceptors (Lipinski definition) is 9. The standard InChI is InChI=1S/C41H68N2O7/c1-3-7-32(35(45)15-17-44)30-20-26(18-25-14-16-43-39(42)21-25)19-28-10-12-31(27-8-5-4-6-9-27)33-24-37(47)38(50-2)23-29(33)11-13-36(46)41(49)40(48)34(28)22-30/h25-35,37-39,41,43-45,47,49H,3-9,11,13-24,42H2,1-2H3. The molecule has 50 heavy (non-hydrogen) atoms. The minimum atomic E-state index is -1.68. The van der Waals surface area contributed by atoms with E-state index < -0.39 is 35.8 Å². The Bertz CT molecular complexity index is 1150. The van der Waals surface area contributed by atoms with Crippen LogP contribution in [0.25, 0.3) is 0 Å². The van der Waals surface area contributed by atoms with Gasteiger partial charge < -0.3 is 36.2 Å². The summed E-state index contributed by atoms with van der Waals surface area (Å²) in [5.41, 5.74) is 6.35. The summed E-state index contributed by atoms with van der Waals surface area (Å²) in [5, 5.41) is 47.1. The predicted octanol–water partition coefficient (Wildman–Crippen LogP) is 4.36. The zero-order valence-electron chi connectivity index (χ0n) is 30.9. The number of nitrogens with two attached hydrogens (primary N) is 1. The van der Waals surface area contributed by atoms with Gasteiger partial charge in [0.2, 0.25) is 0 Å². The molecule has 0 spiro atoms. The van der Waals surface area contributed by atoms with Crippen molar-refractivity contribution in [3.05, 3.63) is 0 Å². The van der Waals surface area contributed by atoms with E-state index in [4.69, 9.17) is 10.5 Å². The third kappa shape index (κ3) is 9.98. The van der Waals surface area contributed by atoms with Gasteiger partial charge in [-0.05, 0) is 131 Å². The molecule has 7 N–H and O–H groups in total. The Kier molecular flexibility index (Phi) is 15.2. The van der Waals surface area contributed by atoms with Gasteiger partial charge in [0, 0.05) is 37.9 Å². The fourth-order valence-corrected chi connectivity index (χ4v) is 11.2. The number of hydrogen-bond donors (Lipinski definition) is 6. The quantitative estimate of drug-likeness (QED) is 0.144. The third-order valence-corrected chi connectivity index (χ3v) is 13.8. The minimum absolute atomic E-state index is 0.00541. The molecule has 0 aromatic rings. The van der Waals surface area contributed by atoms with Crippen LogP contribution >= 0.6 is 0 Å². The van der Waals surface area contributed by atoms with E-state index in [1.807, 2.05) is 0 Å². The Morgan fingerprint density at radius 2 is 1.70 bits per heavy atom. The molecule has 9 nitrogen and oxygen atoms in total. The van der Waals surface area contributed by atoms with Gasteiger partial charge >= 0.3 is 0 Å². The lowest BCUT2D eigenvalue weighted by atomic mass is 9.63. The molecule has 1 heterocycles. The number of fused-ring (bicyclic) bond motifs is 2. The molecular weight excluding hydrogens is 632 g/mol. The SMILES string of the molecule is CCCC(C(O)CCO)C1CC(CC2CCNC(N)C2)CC2C#CC(C3CCCCC3)C3CC(O)C(OC)CC3CCC(=O)C(O)C(=O)C2C1. The topological polar surface area (TPSA) is 162 Å². The van der Waals surface area contributed by atoms with Crippen LogP contribution < -0.4 is 11.1 Å². The lowest BCUT2D eigenvalue weighted by Crippen LogP contribution is -2.45. The number of ketones is 2. The van der Waals surface area contributed by atoms with Crippen molar-refractivity contribution in [2.45, 2.75) is 153 Å². The van der Waals surface area contributed by atoms with Crippen LogP contribution in [-0.4, -0.2) is 82.8 Å². The first-order valence-corrected chi connectivity index (χ1v) is 20.4. The molecule has 3 saturated carbocycles. The number of rotatable bonds is 10. The summed E-state index contributed by atoms with van der Waals surface area (Å²) in [4.78, 5) is 28.1. The Morgan fingerprint density at radius 3 is 2.40 bits per heavy atom. The highest BCUT2D eigenvalue weighted by atomic mass is 16.5. The van der Waals surface area contributed by atoms with Gasteiger partial charge in [0.25, 0.3) is 0 Å². The molecule has 0 aromatic carbocycles. The lowest BCUT2D eigenvalue weighted by Gasteiger charge is -2.44. The van der Waals surface area contributed by atoms with Crippen molar-refractivity contribution in [3.63, 3.8) is 0 Å². The molecule has 9 heteroatoms. The molecule has 14 atom stereocenters. The molecule has 5 aliphatic rings. The zero-order valence-corrected chi connectivity index (χ0v) is 30.9. The monoisotopic (exact) mass is 701 g/mol. The summed E-state index contributed by atoms with van der Waals surface area (Å²) in [6, 6.07) is 0. The van der Waals surface area contributed by atoms with Crippen LogP contribution in [-0.2, 0) is 14.3 Å². The van der Waals surface area contributed by atoms with Crippen molar-refractivity contribution in [2.75, 3.05) is 20.3 Å². The largest absolute Gasteiger partial charge is 0.396 e. The van der Waals surface area contributed by atoms with Crippen LogP contribution in [0.3, 0.4) is 0 Å². The number of ether oxygens (including phenoxy) is 1. The molecule has 0 radical (unpaired) electrons. The summed E-state index contributed by atoms with van der Waals surface area (Å²) in [5.74, 6) is 7.20. The number of aliphatic hydroxyl groups is 4. The Hall–Kier alpha value is -1.38. The number of aliphatic hydroxyl groups excluding tert-OH is 4. The van der Waals surface area contributed by atoms with E-state index in [2.05, 4.69) is 24.1 Å². The summed E-state index contributed by atoms with van der Waals surface area (Å²) in [7, 11) is 1.64. The molecule has 4 fully saturated rings. The number of piperidine rings is 1. The van der Waals surface area contributed by atoms with E-state index in [0.29, 0.717) is 43.9 Å². The van der Waals surface area contributed by atoms with Crippen LogP contribution in [0, 0.1) is 71.0 Å². The van der Waals surface area contributed by atoms with Crippen LogP contribution in [0.15, 0.2) is 0 Å². The van der Waals surface area contributed by atoms with Crippen LogP contribution in [0.5, 0.6) is 0 Å². The second-order valence-corrected chi connectivity index (χ2v) is 17.0. The molecule has 1 aliphatic heterocycles. The van der Waals surface area contributed by atoms with Gasteiger partial charge in [-0.2, -0.15) is 0 Å². The summed E-state index contributed by atoms with van der Waals surface area (Å²) < 4.78 is 5.70. The van der Waals surface area contributed by atoms with Gasteiger partial charge in [-0.1, -0.05) is 44.4 Å². The van der Waals surface area contributed by atoms with E-state index in [1.54, 1.807) is 7.11 Å².